The first kappa shape index (κ1) is 33.9. The molecule has 0 radical (unpaired) electrons. The summed E-state index contributed by atoms with van der Waals surface area (Å²) in [5.74, 6) is -0.111. The number of carbonyl (C=O) groups excluding carboxylic acids is 2. The molecule has 0 aliphatic carbocycles. The van der Waals surface area contributed by atoms with Gasteiger partial charge in [-0.25, -0.2) is 8.42 Å². The van der Waals surface area contributed by atoms with Crippen molar-refractivity contribution in [3.05, 3.63) is 95.0 Å². The molecule has 2 amide bonds. The summed E-state index contributed by atoms with van der Waals surface area (Å²) in [6.45, 7) is 8.07. The predicted molar refractivity (Wildman–Crippen MR) is 173 cm³/mol. The van der Waals surface area contributed by atoms with Crippen molar-refractivity contribution in [3.63, 3.8) is 0 Å². The van der Waals surface area contributed by atoms with Gasteiger partial charge < -0.3 is 15.0 Å². The molecule has 0 aliphatic rings. The fourth-order valence-corrected chi connectivity index (χ4v) is 5.90. The molecule has 3 rings (SSSR count). The normalized spacial score (nSPS) is 12.3. The lowest BCUT2D eigenvalue weighted by molar-refractivity contribution is -0.142. The summed E-state index contributed by atoms with van der Waals surface area (Å²) in [6, 6.07) is 22.9. The maximum atomic E-state index is 14.0. The van der Waals surface area contributed by atoms with Gasteiger partial charge in [-0.2, -0.15) is 0 Å². The molecule has 0 heterocycles. The van der Waals surface area contributed by atoms with Crippen molar-refractivity contribution in [1.82, 2.24) is 10.2 Å². The molecule has 0 aliphatic heterocycles. The zero-order valence-electron chi connectivity index (χ0n) is 25.5. The molecule has 1 atom stereocenters. The van der Waals surface area contributed by atoms with Crippen LogP contribution >= 0.6 is 11.6 Å². The number of nitrogens with zero attached hydrogens (tertiary/aromatic N) is 2. The van der Waals surface area contributed by atoms with Crippen molar-refractivity contribution in [1.29, 1.82) is 0 Å². The van der Waals surface area contributed by atoms with Crippen molar-refractivity contribution < 1.29 is 22.7 Å². The van der Waals surface area contributed by atoms with Crippen LogP contribution in [0.25, 0.3) is 0 Å². The van der Waals surface area contributed by atoms with Crippen LogP contribution in [0.4, 0.5) is 5.69 Å². The second-order valence-electron chi connectivity index (χ2n) is 11.4. The first-order chi connectivity index (χ1) is 20.3. The smallest absolute Gasteiger partial charge is 0.243 e. The first-order valence-electron chi connectivity index (χ1n) is 14.4. The number of sulfonamides is 1. The lowest BCUT2D eigenvalue weighted by Gasteiger charge is -2.34. The highest BCUT2D eigenvalue weighted by Crippen LogP contribution is 2.30. The van der Waals surface area contributed by atoms with Gasteiger partial charge in [-0.05, 0) is 63.4 Å². The zero-order valence-corrected chi connectivity index (χ0v) is 27.1. The number of rotatable bonds is 14. The zero-order chi connectivity index (χ0) is 31.6. The molecule has 0 saturated carbocycles. The summed E-state index contributed by atoms with van der Waals surface area (Å²) < 4.78 is 32.6. The summed E-state index contributed by atoms with van der Waals surface area (Å²) in [6.07, 6.45) is 1.68. The van der Waals surface area contributed by atoms with Crippen LogP contribution in [0, 0.1) is 0 Å². The molecule has 1 N–H and O–H groups in total. The average molecular weight is 628 g/mol. The Kier molecular flexibility index (Phi) is 12.0. The minimum absolute atomic E-state index is 0.0152. The molecule has 0 bridgehead atoms. The van der Waals surface area contributed by atoms with E-state index >= 15 is 0 Å². The summed E-state index contributed by atoms with van der Waals surface area (Å²) in [7, 11) is -3.68. The van der Waals surface area contributed by atoms with Gasteiger partial charge in [-0.1, -0.05) is 72.3 Å². The molecule has 3 aromatic rings. The highest BCUT2D eigenvalue weighted by atomic mass is 35.5. The van der Waals surface area contributed by atoms with Crippen LogP contribution < -0.4 is 14.4 Å². The van der Waals surface area contributed by atoms with Crippen LogP contribution in [0.3, 0.4) is 0 Å². The van der Waals surface area contributed by atoms with E-state index in [0.717, 1.165) is 11.8 Å². The molecule has 8 nitrogen and oxygen atoms in total. The van der Waals surface area contributed by atoms with Crippen molar-refractivity contribution in [3.8, 4) is 5.75 Å². The van der Waals surface area contributed by atoms with Gasteiger partial charge in [0.1, 0.15) is 11.8 Å². The van der Waals surface area contributed by atoms with Crippen molar-refractivity contribution in [2.75, 3.05) is 23.7 Å². The number of benzene rings is 3. The van der Waals surface area contributed by atoms with Crippen molar-refractivity contribution >= 4 is 39.1 Å². The molecule has 43 heavy (non-hydrogen) atoms. The van der Waals surface area contributed by atoms with Gasteiger partial charge in [0.2, 0.25) is 21.8 Å². The molecule has 0 saturated heterocycles. The predicted octanol–water partition coefficient (Wildman–Crippen LogP) is 5.84. The minimum Gasteiger partial charge on any atom is -0.492 e. The molecular formula is C33H42ClN3O5S. The van der Waals surface area contributed by atoms with E-state index < -0.39 is 21.6 Å². The number of amides is 2. The monoisotopic (exact) mass is 627 g/mol. The second kappa shape index (κ2) is 15.3. The molecule has 0 spiro atoms. The number of ether oxygens (including phenoxy) is 1. The van der Waals surface area contributed by atoms with E-state index in [9.17, 15) is 18.0 Å². The highest BCUT2D eigenvalue weighted by molar-refractivity contribution is 7.92. The Bertz CT molecular complexity index is 1480. The Morgan fingerprint density at radius 3 is 2.21 bits per heavy atom. The molecule has 3 aromatic carbocycles. The maximum absolute atomic E-state index is 14.0. The van der Waals surface area contributed by atoms with Crippen molar-refractivity contribution in [2.45, 2.75) is 65.1 Å². The Hall–Kier alpha value is -3.56. The highest BCUT2D eigenvalue weighted by Gasteiger charge is 2.32. The molecule has 0 aromatic heterocycles. The van der Waals surface area contributed by atoms with Gasteiger partial charge in [0, 0.05) is 36.5 Å². The Labute approximate surface area is 261 Å². The van der Waals surface area contributed by atoms with Crippen molar-refractivity contribution in [2.24, 2.45) is 0 Å². The number of para-hydroxylation sites is 2. The number of nitrogens with one attached hydrogen (secondary N) is 1. The molecule has 0 unspecified atom stereocenters. The Morgan fingerprint density at radius 2 is 1.58 bits per heavy atom. The number of carbonyl (C=O) groups is 2. The van der Waals surface area contributed by atoms with Crippen LogP contribution in [-0.4, -0.2) is 56.1 Å². The fourth-order valence-electron chi connectivity index (χ4n) is 4.74. The summed E-state index contributed by atoms with van der Waals surface area (Å²) in [5, 5.41) is 3.53. The largest absolute Gasteiger partial charge is 0.492 e. The van der Waals surface area contributed by atoms with E-state index in [1.54, 1.807) is 35.2 Å². The van der Waals surface area contributed by atoms with Gasteiger partial charge in [0.15, 0.2) is 0 Å². The van der Waals surface area contributed by atoms with E-state index in [1.807, 2.05) is 76.2 Å². The average Bonchev–Trinajstić information content (AvgIpc) is 2.93. The minimum atomic E-state index is -3.68. The van der Waals surface area contributed by atoms with Gasteiger partial charge in [-0.3, -0.25) is 13.9 Å². The van der Waals surface area contributed by atoms with Gasteiger partial charge in [0.05, 0.1) is 18.6 Å². The molecule has 10 heteroatoms. The third kappa shape index (κ3) is 10.3. The summed E-state index contributed by atoms with van der Waals surface area (Å²) in [5.41, 5.74) is 1.51. The maximum Gasteiger partial charge on any atom is 0.243 e. The molecule has 232 valence electrons. The standard InChI is InChI=1S/C33H42ClN3O5S/c1-6-42-30-20-13-12-19-28(30)37(43(5,40)41)22-14-21-31(38)36(24-26-17-10-11-18-27(26)34)29(32(39)35-33(2,3)4)23-25-15-8-7-9-16-25/h7-13,15-20,29H,6,14,21-24H2,1-5H3,(H,35,39)/t29-/m0/s1. The number of anilines is 1. The molecule has 0 fully saturated rings. The number of halogens is 1. The Balaban J connectivity index is 1.93. The first-order valence-corrected chi connectivity index (χ1v) is 16.6. The fraction of sp³-hybridized carbons (Fsp3) is 0.394. The van der Waals surface area contributed by atoms with E-state index in [1.165, 1.54) is 4.31 Å². The quantitative estimate of drug-likeness (QED) is 0.242. The molecular weight excluding hydrogens is 586 g/mol. The lowest BCUT2D eigenvalue weighted by atomic mass is 10.00. The topological polar surface area (TPSA) is 96.0 Å². The SMILES string of the molecule is CCOc1ccccc1N(CCCC(=O)N(Cc1ccccc1Cl)[C@@H](Cc1ccccc1)C(=O)NC(C)(C)C)S(C)(=O)=O. The van der Waals surface area contributed by atoms with Gasteiger partial charge in [0.25, 0.3) is 0 Å². The van der Waals surface area contributed by atoms with Crippen LogP contribution in [0.1, 0.15) is 51.7 Å². The third-order valence-corrected chi connectivity index (χ3v) is 8.20. The van der Waals surface area contributed by atoms with Crippen LogP contribution in [0.15, 0.2) is 78.9 Å². The van der Waals surface area contributed by atoms with E-state index in [-0.39, 0.29) is 37.7 Å². The van der Waals surface area contributed by atoms with Gasteiger partial charge in [-0.15, -0.1) is 0 Å². The van der Waals surface area contributed by atoms with Crippen LogP contribution in [0.5, 0.6) is 5.75 Å². The van der Waals surface area contributed by atoms with E-state index in [0.29, 0.717) is 35.1 Å². The van der Waals surface area contributed by atoms with Crippen LogP contribution in [0.2, 0.25) is 5.02 Å². The van der Waals surface area contributed by atoms with Crippen LogP contribution in [-0.2, 0) is 32.6 Å². The Morgan fingerprint density at radius 1 is 0.953 bits per heavy atom. The van der Waals surface area contributed by atoms with Gasteiger partial charge >= 0.3 is 0 Å². The summed E-state index contributed by atoms with van der Waals surface area (Å²) in [4.78, 5) is 29.3. The number of hydrogen-bond donors (Lipinski definition) is 1. The van der Waals surface area contributed by atoms with E-state index in [4.69, 9.17) is 16.3 Å². The third-order valence-electron chi connectivity index (χ3n) is 6.65. The van der Waals surface area contributed by atoms with E-state index in [2.05, 4.69) is 5.32 Å². The summed E-state index contributed by atoms with van der Waals surface area (Å²) >= 11 is 6.50. The number of hydrogen-bond acceptors (Lipinski definition) is 5. The second-order valence-corrected chi connectivity index (χ2v) is 13.7. The lowest BCUT2D eigenvalue weighted by Crippen LogP contribution is -2.54.